The number of benzene rings is 3. The van der Waals surface area contributed by atoms with Crippen LogP contribution < -0.4 is 4.74 Å². The Morgan fingerprint density at radius 3 is 2.67 bits per heavy atom. The van der Waals surface area contributed by atoms with Gasteiger partial charge in [-0.3, -0.25) is 4.79 Å². The number of rotatable bonds is 4. The molecule has 1 aliphatic rings. The normalized spacial score (nSPS) is 14.1. The van der Waals surface area contributed by atoms with Crippen molar-refractivity contribution < 1.29 is 14.6 Å². The molecule has 0 bridgehead atoms. The first-order chi connectivity index (χ1) is 14.6. The predicted octanol–water partition coefficient (Wildman–Crippen LogP) is 4.75. The maximum absolute atomic E-state index is 11.8. The number of nitrogens with zero attached hydrogens (tertiary/aromatic N) is 2. The molecular weight excluding hydrogens is 376 g/mol. The molecule has 1 amide bonds. The Morgan fingerprint density at radius 2 is 1.90 bits per heavy atom. The number of carbonyl (C=O) groups is 1. The molecule has 1 N–H and O–H groups in total. The maximum atomic E-state index is 11.8. The first kappa shape index (κ1) is 18.3. The predicted molar refractivity (Wildman–Crippen MR) is 119 cm³/mol. The highest BCUT2D eigenvalue weighted by Crippen LogP contribution is 2.42. The third-order valence-corrected chi connectivity index (χ3v) is 5.94. The summed E-state index contributed by atoms with van der Waals surface area (Å²) in [5, 5.41) is 13.3. The highest BCUT2D eigenvalue weighted by atomic mass is 16.5. The molecule has 4 aromatic rings. The zero-order chi connectivity index (χ0) is 20.8. The van der Waals surface area contributed by atoms with Gasteiger partial charge >= 0.3 is 0 Å². The van der Waals surface area contributed by atoms with Crippen LogP contribution in [0.1, 0.15) is 6.04 Å². The summed E-state index contributed by atoms with van der Waals surface area (Å²) in [6.45, 7) is 4.91. The van der Waals surface area contributed by atoms with Crippen molar-refractivity contribution in [3.05, 3.63) is 73.4 Å². The van der Waals surface area contributed by atoms with Gasteiger partial charge in [0.05, 0.1) is 18.7 Å². The lowest BCUT2D eigenvalue weighted by Crippen LogP contribution is -2.49. The summed E-state index contributed by atoms with van der Waals surface area (Å²) in [7, 11) is 1.68. The smallest absolute Gasteiger partial charge is 0.246 e. The average molecular weight is 398 g/mol. The van der Waals surface area contributed by atoms with Crippen molar-refractivity contribution in [2.45, 2.75) is 6.04 Å². The van der Waals surface area contributed by atoms with Crippen molar-refractivity contribution in [3.8, 4) is 22.6 Å². The fourth-order valence-corrected chi connectivity index (χ4v) is 4.42. The van der Waals surface area contributed by atoms with Gasteiger partial charge < -0.3 is 19.3 Å². The van der Waals surface area contributed by atoms with E-state index >= 15 is 0 Å². The number of hydrogen-bond acceptors (Lipinski definition) is 3. The number of phenols is 1. The van der Waals surface area contributed by atoms with Gasteiger partial charge in [-0.25, -0.2) is 0 Å². The van der Waals surface area contributed by atoms with Gasteiger partial charge in [0.1, 0.15) is 11.5 Å². The van der Waals surface area contributed by atoms with Gasteiger partial charge in [-0.1, -0.05) is 30.8 Å². The Labute approximate surface area is 174 Å². The number of aromatic nitrogens is 1. The van der Waals surface area contributed by atoms with Crippen LogP contribution in [0.15, 0.2) is 73.4 Å². The summed E-state index contributed by atoms with van der Waals surface area (Å²) in [5.41, 5.74) is 2.94. The molecule has 0 atom stereocenters. The molecule has 2 heterocycles. The largest absolute Gasteiger partial charge is 0.508 e. The Morgan fingerprint density at radius 1 is 1.10 bits per heavy atom. The molecular formula is C25H22N2O3. The minimum Gasteiger partial charge on any atom is -0.508 e. The van der Waals surface area contributed by atoms with E-state index in [1.807, 2.05) is 24.3 Å². The van der Waals surface area contributed by atoms with Crippen molar-refractivity contribution in [2.24, 2.45) is 0 Å². The van der Waals surface area contributed by atoms with E-state index in [-0.39, 0.29) is 17.7 Å². The second-order valence-electron chi connectivity index (χ2n) is 7.62. The lowest BCUT2D eigenvalue weighted by Gasteiger charge is -2.39. The molecule has 0 saturated carbocycles. The molecule has 3 aromatic carbocycles. The van der Waals surface area contributed by atoms with Gasteiger partial charge in [0.15, 0.2) is 0 Å². The first-order valence-electron chi connectivity index (χ1n) is 9.91. The van der Waals surface area contributed by atoms with Crippen LogP contribution in [0, 0.1) is 0 Å². The molecule has 5 rings (SSSR count). The molecule has 0 aliphatic carbocycles. The second kappa shape index (κ2) is 6.95. The highest BCUT2D eigenvalue weighted by Gasteiger charge is 2.31. The number of aromatic hydroxyl groups is 1. The van der Waals surface area contributed by atoms with E-state index in [1.165, 1.54) is 6.08 Å². The van der Waals surface area contributed by atoms with Gasteiger partial charge in [0.25, 0.3) is 0 Å². The van der Waals surface area contributed by atoms with Crippen molar-refractivity contribution in [2.75, 3.05) is 20.2 Å². The van der Waals surface area contributed by atoms with Gasteiger partial charge in [-0.2, -0.15) is 0 Å². The van der Waals surface area contributed by atoms with E-state index in [0.717, 1.165) is 38.6 Å². The van der Waals surface area contributed by atoms with Gasteiger partial charge in [0.2, 0.25) is 5.91 Å². The molecule has 5 nitrogen and oxygen atoms in total. The van der Waals surface area contributed by atoms with Crippen LogP contribution in [0.5, 0.6) is 11.5 Å². The van der Waals surface area contributed by atoms with Crippen LogP contribution >= 0.6 is 0 Å². The van der Waals surface area contributed by atoms with Crippen molar-refractivity contribution >= 4 is 27.6 Å². The zero-order valence-electron chi connectivity index (χ0n) is 16.7. The Hall–Kier alpha value is -3.73. The number of hydrogen-bond donors (Lipinski definition) is 1. The molecule has 0 unspecified atom stereocenters. The topological polar surface area (TPSA) is 54.7 Å². The van der Waals surface area contributed by atoms with E-state index in [1.54, 1.807) is 24.1 Å². The second-order valence-corrected chi connectivity index (χ2v) is 7.62. The lowest BCUT2D eigenvalue weighted by atomic mass is 9.96. The molecule has 150 valence electrons. The fraction of sp³-hybridized carbons (Fsp3) is 0.160. The number of carbonyl (C=O) groups excluding carboxylic acids is 1. The minimum absolute atomic E-state index is 0.0293. The van der Waals surface area contributed by atoms with Gasteiger partial charge in [-0.15, -0.1) is 0 Å². The summed E-state index contributed by atoms with van der Waals surface area (Å²) in [6.07, 6.45) is 3.41. The van der Waals surface area contributed by atoms with Crippen molar-refractivity contribution in [3.63, 3.8) is 0 Å². The number of fused-ring (bicyclic) bond motifs is 2. The number of ether oxygens (including phenoxy) is 1. The zero-order valence-corrected chi connectivity index (χ0v) is 16.7. The standard InChI is InChI=1S/C25H22N2O3/c1-3-24(29)26-14-17(15-26)27-11-10-21-23(27)9-8-20(25(21)30-2)22-13-18(28)12-16-6-4-5-7-19(16)22/h3-13,17,28H,1,14-15H2,2H3. The molecule has 1 fully saturated rings. The molecule has 1 aromatic heterocycles. The average Bonchev–Trinajstić information content (AvgIpc) is 3.15. The summed E-state index contributed by atoms with van der Waals surface area (Å²) in [4.78, 5) is 13.6. The van der Waals surface area contributed by atoms with E-state index in [4.69, 9.17) is 4.74 Å². The first-order valence-corrected chi connectivity index (χ1v) is 9.91. The number of phenolic OH excluding ortho intramolecular Hbond substituents is 1. The van der Waals surface area contributed by atoms with Crippen LogP contribution in [-0.4, -0.2) is 40.7 Å². The Bertz CT molecular complexity index is 1300. The van der Waals surface area contributed by atoms with Gasteiger partial charge in [0, 0.05) is 30.2 Å². The number of methoxy groups -OCH3 is 1. The van der Waals surface area contributed by atoms with Crippen LogP contribution in [0.3, 0.4) is 0 Å². The van der Waals surface area contributed by atoms with Crippen LogP contribution in [0.25, 0.3) is 32.8 Å². The summed E-state index contributed by atoms with van der Waals surface area (Å²) in [5.74, 6) is 0.976. The quantitative estimate of drug-likeness (QED) is 0.505. The summed E-state index contributed by atoms with van der Waals surface area (Å²) in [6, 6.07) is 18.0. The van der Waals surface area contributed by atoms with E-state index in [2.05, 4.69) is 35.5 Å². The monoisotopic (exact) mass is 398 g/mol. The Kier molecular flexibility index (Phi) is 4.24. The number of amides is 1. The lowest BCUT2D eigenvalue weighted by molar-refractivity contribution is -0.131. The van der Waals surface area contributed by atoms with E-state index in [9.17, 15) is 9.90 Å². The number of likely N-dealkylation sites (tertiary alicyclic amines) is 1. The molecule has 0 radical (unpaired) electrons. The molecule has 0 spiro atoms. The van der Waals surface area contributed by atoms with Crippen LogP contribution in [0.2, 0.25) is 0 Å². The molecule has 1 aliphatic heterocycles. The van der Waals surface area contributed by atoms with Crippen LogP contribution in [-0.2, 0) is 4.79 Å². The van der Waals surface area contributed by atoms with E-state index < -0.39 is 0 Å². The van der Waals surface area contributed by atoms with E-state index in [0.29, 0.717) is 13.1 Å². The summed E-state index contributed by atoms with van der Waals surface area (Å²) >= 11 is 0. The Balaban J connectivity index is 1.61. The third kappa shape index (κ3) is 2.74. The van der Waals surface area contributed by atoms with Crippen molar-refractivity contribution in [1.82, 2.24) is 9.47 Å². The summed E-state index contributed by atoms with van der Waals surface area (Å²) < 4.78 is 8.05. The minimum atomic E-state index is -0.0293. The van der Waals surface area contributed by atoms with Gasteiger partial charge in [-0.05, 0) is 52.7 Å². The van der Waals surface area contributed by atoms with Crippen molar-refractivity contribution in [1.29, 1.82) is 0 Å². The molecule has 1 saturated heterocycles. The molecule has 5 heteroatoms. The highest BCUT2D eigenvalue weighted by molar-refractivity contribution is 6.03. The molecule has 30 heavy (non-hydrogen) atoms. The SMILES string of the molecule is C=CC(=O)N1CC(n2ccc3c(OC)c(-c4cc(O)cc5ccccc45)ccc32)C1. The maximum Gasteiger partial charge on any atom is 0.246 e. The van der Waals surface area contributed by atoms with Crippen LogP contribution in [0.4, 0.5) is 0 Å². The fourth-order valence-electron chi connectivity index (χ4n) is 4.42. The third-order valence-electron chi connectivity index (χ3n) is 5.94.